The summed E-state index contributed by atoms with van der Waals surface area (Å²) in [5.41, 5.74) is 0.156. The average Bonchev–Trinajstić information content (AvgIpc) is 3.38. The maximum Gasteiger partial charge on any atom is 0.353 e. The molecule has 9 heteroatoms. The highest BCUT2D eigenvalue weighted by atomic mass is 32.2. The van der Waals surface area contributed by atoms with Crippen LogP contribution in [0.2, 0.25) is 0 Å². The molecule has 3 aliphatic heterocycles. The number of β-lactam (4-membered cyclic amide) rings is 1. The van der Waals surface area contributed by atoms with Gasteiger partial charge in [0.25, 0.3) is 0 Å². The molecule has 2 unspecified atom stereocenters. The van der Waals surface area contributed by atoms with E-state index in [2.05, 4.69) is 17.6 Å². The Kier molecular flexibility index (Phi) is 6.38. The second-order valence-electron chi connectivity index (χ2n) is 9.57. The van der Waals surface area contributed by atoms with E-state index in [4.69, 9.17) is 0 Å². The van der Waals surface area contributed by atoms with Gasteiger partial charge in [0.2, 0.25) is 11.8 Å². The molecule has 0 aromatic heterocycles. The van der Waals surface area contributed by atoms with E-state index in [1.54, 1.807) is 30.8 Å². The highest BCUT2D eigenvalue weighted by molar-refractivity contribution is 8.03. The van der Waals surface area contributed by atoms with Crippen LogP contribution in [0, 0.1) is 17.8 Å². The summed E-state index contributed by atoms with van der Waals surface area (Å²) in [6, 6.07) is -0.238. The van der Waals surface area contributed by atoms with Crippen LogP contribution in [0.1, 0.15) is 39.5 Å². The summed E-state index contributed by atoms with van der Waals surface area (Å²) in [6.45, 7) is 5.74. The number of aliphatic carboxylic acids is 1. The smallest absolute Gasteiger partial charge is 0.353 e. The number of carboxylic acids is 1. The van der Waals surface area contributed by atoms with Gasteiger partial charge in [0.15, 0.2) is 0 Å². The summed E-state index contributed by atoms with van der Waals surface area (Å²) in [4.78, 5) is 41.4. The number of rotatable bonds is 9. The Morgan fingerprint density at radius 1 is 1.35 bits per heavy atom. The van der Waals surface area contributed by atoms with Crippen LogP contribution in [0.4, 0.5) is 0 Å². The van der Waals surface area contributed by atoms with E-state index in [-0.39, 0.29) is 52.7 Å². The first-order chi connectivity index (χ1) is 14.7. The molecule has 1 aliphatic carbocycles. The van der Waals surface area contributed by atoms with Gasteiger partial charge in [-0.3, -0.25) is 9.59 Å². The molecule has 2 amide bonds. The average molecular weight is 451 g/mol. The Bertz CT molecular complexity index is 796. The lowest BCUT2D eigenvalue weighted by Crippen LogP contribution is -2.66. The van der Waals surface area contributed by atoms with Gasteiger partial charge in [0.1, 0.15) is 5.70 Å². The second kappa shape index (κ2) is 8.75. The van der Waals surface area contributed by atoms with Crippen LogP contribution in [-0.2, 0) is 14.4 Å². The molecule has 3 heterocycles. The third-order valence-electron chi connectivity index (χ3n) is 7.15. The van der Waals surface area contributed by atoms with Gasteiger partial charge < -0.3 is 25.5 Å². The molecule has 172 valence electrons. The first-order valence-corrected chi connectivity index (χ1v) is 12.3. The maximum atomic E-state index is 13.1. The van der Waals surface area contributed by atoms with Crippen LogP contribution in [0.3, 0.4) is 0 Å². The third kappa shape index (κ3) is 4.12. The number of amides is 2. The largest absolute Gasteiger partial charge is 0.477 e. The number of nitrogens with one attached hydrogen (secondary N) is 2. The molecular formula is C22H34N4O4S. The molecule has 3 N–H and O–H groups in total. The lowest BCUT2D eigenvalue weighted by Gasteiger charge is -2.48. The van der Waals surface area contributed by atoms with Crippen molar-refractivity contribution in [3.05, 3.63) is 10.6 Å². The third-order valence-corrected chi connectivity index (χ3v) is 8.66. The molecule has 4 rings (SSSR count). The van der Waals surface area contributed by atoms with Crippen LogP contribution >= 0.6 is 11.8 Å². The standard InChI is InChI=1S/C22H34N4O4S/c1-5-14(23-9-12-6-7-12)16-17-11(2)19(18(22(29)30)26(17)21(16)28)31-13-8-15(24-10-13)20(27)25(3)4/h11-17,23-24H,5-10H2,1-4H3,(H,29,30)/t11?,13-,14+,15?,16+,17+/m0/s1. The van der Waals surface area contributed by atoms with Crippen molar-refractivity contribution in [1.29, 1.82) is 0 Å². The molecule has 2 saturated heterocycles. The number of carboxylic acid groups (broad SMARTS) is 1. The minimum Gasteiger partial charge on any atom is -0.477 e. The predicted octanol–water partition coefficient (Wildman–Crippen LogP) is 1.09. The van der Waals surface area contributed by atoms with E-state index in [9.17, 15) is 19.5 Å². The topological polar surface area (TPSA) is 102 Å². The Balaban J connectivity index is 1.48. The Hall–Kier alpha value is -1.58. The van der Waals surface area contributed by atoms with Gasteiger partial charge in [-0.1, -0.05) is 13.8 Å². The molecule has 1 saturated carbocycles. The summed E-state index contributed by atoms with van der Waals surface area (Å²) in [5, 5.41) is 16.9. The monoisotopic (exact) mass is 450 g/mol. The van der Waals surface area contributed by atoms with Crippen molar-refractivity contribution in [3.63, 3.8) is 0 Å². The summed E-state index contributed by atoms with van der Waals surface area (Å²) in [6.07, 6.45) is 4.03. The Morgan fingerprint density at radius 3 is 2.65 bits per heavy atom. The molecule has 0 radical (unpaired) electrons. The molecule has 0 bridgehead atoms. The zero-order chi connectivity index (χ0) is 22.4. The molecule has 4 aliphatic rings. The first-order valence-electron chi connectivity index (χ1n) is 11.4. The van der Waals surface area contributed by atoms with E-state index in [0.29, 0.717) is 13.0 Å². The molecular weight excluding hydrogens is 416 g/mol. The number of hydrogen-bond acceptors (Lipinski definition) is 6. The van der Waals surface area contributed by atoms with Crippen LogP contribution < -0.4 is 10.6 Å². The number of thioether (sulfide) groups is 1. The summed E-state index contributed by atoms with van der Waals surface area (Å²) in [7, 11) is 3.49. The van der Waals surface area contributed by atoms with Crippen LogP contribution in [0.25, 0.3) is 0 Å². The van der Waals surface area contributed by atoms with Gasteiger partial charge in [0, 0.05) is 42.8 Å². The van der Waals surface area contributed by atoms with Crippen molar-refractivity contribution in [1.82, 2.24) is 20.4 Å². The fraction of sp³-hybridized carbons (Fsp3) is 0.773. The number of nitrogens with zero attached hydrogens (tertiary/aromatic N) is 2. The number of fused-ring (bicyclic) bond motifs is 1. The van der Waals surface area contributed by atoms with Gasteiger partial charge in [-0.15, -0.1) is 11.8 Å². The zero-order valence-corrected chi connectivity index (χ0v) is 19.6. The molecule has 6 atom stereocenters. The quantitative estimate of drug-likeness (QED) is 0.452. The van der Waals surface area contributed by atoms with Gasteiger partial charge in [-0.2, -0.15) is 0 Å². The Morgan fingerprint density at radius 2 is 2.06 bits per heavy atom. The summed E-state index contributed by atoms with van der Waals surface area (Å²) < 4.78 is 0. The Labute approximate surface area is 188 Å². The minimum atomic E-state index is -1.03. The van der Waals surface area contributed by atoms with Gasteiger partial charge in [-0.25, -0.2) is 4.79 Å². The van der Waals surface area contributed by atoms with Crippen molar-refractivity contribution in [3.8, 4) is 0 Å². The lowest BCUT2D eigenvalue weighted by atomic mass is 9.76. The first kappa shape index (κ1) is 22.6. The highest BCUT2D eigenvalue weighted by Crippen LogP contribution is 2.52. The normalized spacial score (nSPS) is 33.4. The van der Waals surface area contributed by atoms with E-state index < -0.39 is 5.97 Å². The summed E-state index contributed by atoms with van der Waals surface area (Å²) in [5.74, 6) is -0.510. The van der Waals surface area contributed by atoms with Crippen LogP contribution in [0.15, 0.2) is 10.6 Å². The number of likely N-dealkylation sites (N-methyl/N-ethyl adjacent to an activating group) is 1. The van der Waals surface area contributed by atoms with E-state index in [1.165, 1.54) is 17.7 Å². The lowest BCUT2D eigenvalue weighted by molar-refractivity contribution is -0.158. The molecule has 3 fully saturated rings. The van der Waals surface area contributed by atoms with E-state index in [0.717, 1.165) is 23.8 Å². The van der Waals surface area contributed by atoms with E-state index >= 15 is 0 Å². The van der Waals surface area contributed by atoms with Crippen molar-refractivity contribution in [2.24, 2.45) is 17.8 Å². The van der Waals surface area contributed by atoms with Crippen molar-refractivity contribution < 1.29 is 19.5 Å². The molecule has 0 aromatic carbocycles. The van der Waals surface area contributed by atoms with Crippen molar-refractivity contribution in [2.45, 2.75) is 62.9 Å². The molecule has 0 aromatic rings. The van der Waals surface area contributed by atoms with Crippen LogP contribution in [0.5, 0.6) is 0 Å². The van der Waals surface area contributed by atoms with Gasteiger partial charge in [-0.05, 0) is 38.1 Å². The SMILES string of the molecule is CC[C@@H](NCC1CC1)[C@H]1C(=O)N2C(C(=O)O)=C(S[C@@H]3CNC(C(=O)N(C)C)C3)C(C)[C@H]12. The number of carbonyl (C=O) groups excluding carboxylic acids is 2. The number of hydrogen-bond donors (Lipinski definition) is 3. The zero-order valence-electron chi connectivity index (χ0n) is 18.8. The summed E-state index contributed by atoms with van der Waals surface area (Å²) >= 11 is 1.54. The molecule has 8 nitrogen and oxygen atoms in total. The number of carbonyl (C=O) groups is 3. The van der Waals surface area contributed by atoms with Gasteiger partial charge in [0.05, 0.1) is 18.0 Å². The van der Waals surface area contributed by atoms with Crippen molar-refractivity contribution in [2.75, 3.05) is 27.2 Å². The minimum absolute atomic E-state index is 0.0147. The predicted molar refractivity (Wildman–Crippen MR) is 119 cm³/mol. The molecule has 0 spiro atoms. The molecule has 31 heavy (non-hydrogen) atoms. The van der Waals surface area contributed by atoms with Crippen LogP contribution in [-0.4, -0.2) is 83.3 Å². The fourth-order valence-electron chi connectivity index (χ4n) is 5.23. The fourth-order valence-corrected chi connectivity index (χ4v) is 6.71. The van der Waals surface area contributed by atoms with Gasteiger partial charge >= 0.3 is 5.97 Å². The van der Waals surface area contributed by atoms with E-state index in [1.807, 2.05) is 6.92 Å². The second-order valence-corrected chi connectivity index (χ2v) is 10.9. The highest BCUT2D eigenvalue weighted by Gasteiger charge is 2.60. The van der Waals surface area contributed by atoms with Crippen molar-refractivity contribution >= 4 is 29.5 Å². The maximum absolute atomic E-state index is 13.1.